The standard InChI is InChI=1S/C20H24N4O/c1-14-11-15(8-9-21-14)4-7-18-3-2-10-24(18)20(25)17-12-22-19(23-13-17)16-5-6-16/h8-9,11-13,16,18H,2-7,10H2,1H3. The molecule has 130 valence electrons. The lowest BCUT2D eigenvalue weighted by Crippen LogP contribution is -2.36. The molecule has 1 saturated carbocycles. The summed E-state index contributed by atoms with van der Waals surface area (Å²) in [6.45, 7) is 2.85. The number of hydrogen-bond acceptors (Lipinski definition) is 4. The average Bonchev–Trinajstić information content (AvgIpc) is 3.38. The highest BCUT2D eigenvalue weighted by Crippen LogP contribution is 2.37. The van der Waals surface area contributed by atoms with E-state index in [1.165, 1.54) is 18.4 Å². The fourth-order valence-electron chi connectivity index (χ4n) is 3.66. The molecule has 0 radical (unpaired) electrons. The van der Waals surface area contributed by atoms with E-state index >= 15 is 0 Å². The Balaban J connectivity index is 1.40. The fourth-order valence-corrected chi connectivity index (χ4v) is 3.66. The Morgan fingerprint density at radius 1 is 1.20 bits per heavy atom. The molecule has 5 nitrogen and oxygen atoms in total. The highest BCUT2D eigenvalue weighted by atomic mass is 16.2. The molecular formula is C20H24N4O. The molecule has 2 fully saturated rings. The molecule has 1 amide bonds. The van der Waals surface area contributed by atoms with E-state index < -0.39 is 0 Å². The number of carbonyl (C=O) groups is 1. The largest absolute Gasteiger partial charge is 0.336 e. The molecule has 3 heterocycles. The Hall–Kier alpha value is -2.30. The van der Waals surface area contributed by atoms with E-state index in [4.69, 9.17) is 0 Å². The van der Waals surface area contributed by atoms with Crippen molar-refractivity contribution in [1.82, 2.24) is 19.9 Å². The molecule has 2 aromatic rings. The lowest BCUT2D eigenvalue weighted by Gasteiger charge is -2.24. The average molecular weight is 336 g/mol. The van der Waals surface area contributed by atoms with Gasteiger partial charge >= 0.3 is 0 Å². The summed E-state index contributed by atoms with van der Waals surface area (Å²) in [5.74, 6) is 1.49. The molecule has 5 heteroatoms. The molecule has 0 aromatic carbocycles. The van der Waals surface area contributed by atoms with Gasteiger partial charge in [-0.15, -0.1) is 0 Å². The highest BCUT2D eigenvalue weighted by molar-refractivity contribution is 5.94. The second kappa shape index (κ2) is 6.90. The topological polar surface area (TPSA) is 59.0 Å². The number of hydrogen-bond donors (Lipinski definition) is 0. The van der Waals surface area contributed by atoms with Crippen LogP contribution in [0.1, 0.15) is 65.5 Å². The van der Waals surface area contributed by atoms with Crippen molar-refractivity contribution in [2.45, 2.75) is 57.4 Å². The Kier molecular flexibility index (Phi) is 4.47. The first kappa shape index (κ1) is 16.2. The van der Waals surface area contributed by atoms with E-state index in [0.717, 1.165) is 43.7 Å². The lowest BCUT2D eigenvalue weighted by molar-refractivity contribution is 0.0729. The molecule has 1 aliphatic carbocycles. The molecule has 1 atom stereocenters. The summed E-state index contributed by atoms with van der Waals surface area (Å²) in [6.07, 6.45) is 11.8. The molecule has 4 rings (SSSR count). The van der Waals surface area contributed by atoms with Crippen LogP contribution in [0.25, 0.3) is 0 Å². The van der Waals surface area contributed by atoms with Crippen molar-refractivity contribution >= 4 is 5.91 Å². The van der Waals surface area contributed by atoms with Crippen molar-refractivity contribution in [2.75, 3.05) is 6.54 Å². The third-order valence-electron chi connectivity index (χ3n) is 5.23. The van der Waals surface area contributed by atoms with Gasteiger partial charge in [-0.25, -0.2) is 9.97 Å². The summed E-state index contributed by atoms with van der Waals surface area (Å²) in [5, 5.41) is 0. The summed E-state index contributed by atoms with van der Waals surface area (Å²) >= 11 is 0. The third kappa shape index (κ3) is 3.70. The van der Waals surface area contributed by atoms with Crippen LogP contribution in [-0.4, -0.2) is 38.3 Å². The van der Waals surface area contributed by atoms with Gasteiger partial charge in [0.25, 0.3) is 5.91 Å². The van der Waals surface area contributed by atoms with Gasteiger partial charge < -0.3 is 4.90 Å². The zero-order valence-corrected chi connectivity index (χ0v) is 14.7. The zero-order chi connectivity index (χ0) is 17.2. The van der Waals surface area contributed by atoms with Crippen LogP contribution in [-0.2, 0) is 6.42 Å². The highest BCUT2D eigenvalue weighted by Gasteiger charge is 2.30. The molecule has 1 unspecified atom stereocenters. The molecule has 1 aliphatic heterocycles. The first-order chi connectivity index (χ1) is 12.2. The van der Waals surface area contributed by atoms with E-state index in [2.05, 4.69) is 27.1 Å². The van der Waals surface area contributed by atoms with Crippen LogP contribution >= 0.6 is 0 Å². The van der Waals surface area contributed by atoms with Gasteiger partial charge in [0.05, 0.1) is 5.56 Å². The maximum atomic E-state index is 12.9. The second-order valence-corrected chi connectivity index (χ2v) is 7.24. The van der Waals surface area contributed by atoms with Crippen LogP contribution in [0.4, 0.5) is 0 Å². The third-order valence-corrected chi connectivity index (χ3v) is 5.23. The minimum atomic E-state index is 0.0794. The van der Waals surface area contributed by atoms with Gasteiger partial charge in [-0.1, -0.05) is 0 Å². The molecule has 2 aliphatic rings. The van der Waals surface area contributed by atoms with Crippen LogP contribution < -0.4 is 0 Å². The van der Waals surface area contributed by atoms with Gasteiger partial charge in [-0.2, -0.15) is 0 Å². The summed E-state index contributed by atoms with van der Waals surface area (Å²) < 4.78 is 0. The lowest BCUT2D eigenvalue weighted by atomic mass is 10.0. The van der Waals surface area contributed by atoms with Crippen molar-refractivity contribution in [3.05, 3.63) is 53.4 Å². The predicted octanol–water partition coefficient (Wildman–Crippen LogP) is 3.29. The van der Waals surface area contributed by atoms with Crippen LogP contribution in [0.3, 0.4) is 0 Å². The number of pyridine rings is 1. The molecule has 0 bridgehead atoms. The van der Waals surface area contributed by atoms with Gasteiger partial charge in [0.15, 0.2) is 0 Å². The summed E-state index contributed by atoms with van der Waals surface area (Å²) in [5.41, 5.74) is 2.96. The Bertz CT molecular complexity index is 755. The monoisotopic (exact) mass is 336 g/mol. The molecule has 0 N–H and O–H groups in total. The molecule has 1 saturated heterocycles. The van der Waals surface area contributed by atoms with E-state index in [-0.39, 0.29) is 5.91 Å². The number of aryl methyl sites for hydroxylation is 2. The van der Waals surface area contributed by atoms with E-state index in [0.29, 0.717) is 17.5 Å². The van der Waals surface area contributed by atoms with E-state index in [9.17, 15) is 4.79 Å². The van der Waals surface area contributed by atoms with Crippen LogP contribution in [0.15, 0.2) is 30.7 Å². The van der Waals surface area contributed by atoms with Gasteiger partial charge in [0.1, 0.15) is 5.82 Å². The summed E-state index contributed by atoms with van der Waals surface area (Å²) in [4.78, 5) is 27.9. The first-order valence-electron chi connectivity index (χ1n) is 9.25. The minimum Gasteiger partial charge on any atom is -0.336 e. The van der Waals surface area contributed by atoms with Crippen molar-refractivity contribution < 1.29 is 4.79 Å². The number of aromatic nitrogens is 3. The normalized spacial score (nSPS) is 20.0. The van der Waals surface area contributed by atoms with E-state index in [1.54, 1.807) is 12.4 Å². The molecule has 0 spiro atoms. The van der Waals surface area contributed by atoms with Gasteiger partial charge in [0.2, 0.25) is 0 Å². The van der Waals surface area contributed by atoms with Gasteiger partial charge in [-0.05, 0) is 63.1 Å². The summed E-state index contributed by atoms with van der Waals surface area (Å²) in [6, 6.07) is 4.51. The van der Waals surface area contributed by atoms with Crippen molar-refractivity contribution in [2.24, 2.45) is 0 Å². The number of nitrogens with zero attached hydrogens (tertiary/aromatic N) is 4. The Morgan fingerprint density at radius 2 is 2.00 bits per heavy atom. The Morgan fingerprint density at radius 3 is 2.72 bits per heavy atom. The molecule has 2 aromatic heterocycles. The Labute approximate surface area is 148 Å². The smallest absolute Gasteiger partial charge is 0.257 e. The van der Waals surface area contributed by atoms with Crippen molar-refractivity contribution in [3.8, 4) is 0 Å². The molecule has 25 heavy (non-hydrogen) atoms. The first-order valence-corrected chi connectivity index (χ1v) is 9.25. The SMILES string of the molecule is Cc1cc(CCC2CCCN2C(=O)c2cnc(C3CC3)nc2)ccn1. The fraction of sp³-hybridized carbons (Fsp3) is 0.500. The number of rotatable bonds is 5. The zero-order valence-electron chi connectivity index (χ0n) is 14.7. The van der Waals surface area contributed by atoms with Crippen molar-refractivity contribution in [1.29, 1.82) is 0 Å². The quantitative estimate of drug-likeness (QED) is 0.840. The van der Waals surface area contributed by atoms with Crippen LogP contribution in [0, 0.1) is 6.92 Å². The van der Waals surface area contributed by atoms with Crippen molar-refractivity contribution in [3.63, 3.8) is 0 Å². The van der Waals surface area contributed by atoms with Crippen LogP contribution in [0.2, 0.25) is 0 Å². The maximum Gasteiger partial charge on any atom is 0.257 e. The second-order valence-electron chi connectivity index (χ2n) is 7.24. The number of likely N-dealkylation sites (tertiary alicyclic amines) is 1. The minimum absolute atomic E-state index is 0.0794. The molecular weight excluding hydrogens is 312 g/mol. The summed E-state index contributed by atoms with van der Waals surface area (Å²) in [7, 11) is 0. The maximum absolute atomic E-state index is 12.9. The van der Waals surface area contributed by atoms with Gasteiger partial charge in [-0.3, -0.25) is 9.78 Å². The van der Waals surface area contributed by atoms with Crippen LogP contribution in [0.5, 0.6) is 0 Å². The van der Waals surface area contributed by atoms with Gasteiger partial charge in [0, 0.05) is 42.8 Å². The van der Waals surface area contributed by atoms with E-state index in [1.807, 2.05) is 18.0 Å². The number of carbonyl (C=O) groups excluding carboxylic acids is 1. The number of amides is 1. The predicted molar refractivity (Wildman–Crippen MR) is 95.4 cm³/mol.